The second kappa shape index (κ2) is 2.93. The Kier molecular flexibility index (Phi) is 1.97. The third kappa shape index (κ3) is 1.58. The van der Waals surface area contributed by atoms with Crippen LogP contribution in [-0.4, -0.2) is 18.4 Å². The van der Waals surface area contributed by atoms with Crippen LogP contribution in [0.4, 0.5) is 4.39 Å². The summed E-state index contributed by atoms with van der Waals surface area (Å²) in [4.78, 5) is 5.66. The van der Waals surface area contributed by atoms with E-state index < -0.39 is 15.1 Å². The van der Waals surface area contributed by atoms with Crippen molar-refractivity contribution in [3.05, 3.63) is 24.3 Å². The SMILES string of the molecule is O=S(=O)(Cl)c1ccc2nc(F)[nH]c2c1. The second-order valence-corrected chi connectivity index (χ2v) is 5.21. The number of nitrogens with one attached hydrogen (secondary N) is 1. The van der Waals surface area contributed by atoms with E-state index in [0.717, 1.165) is 0 Å². The van der Waals surface area contributed by atoms with Crippen molar-refractivity contribution in [1.29, 1.82) is 0 Å². The molecule has 0 aliphatic carbocycles. The summed E-state index contributed by atoms with van der Waals surface area (Å²) in [6.07, 6.45) is -0.760. The Labute approximate surface area is 83.1 Å². The third-order valence-corrected chi connectivity index (χ3v) is 3.06. The van der Waals surface area contributed by atoms with Gasteiger partial charge in [-0.25, -0.2) is 13.4 Å². The van der Waals surface area contributed by atoms with Crippen LogP contribution in [0.2, 0.25) is 0 Å². The zero-order chi connectivity index (χ0) is 10.3. The molecule has 0 amide bonds. The van der Waals surface area contributed by atoms with Crippen LogP contribution in [0.25, 0.3) is 11.0 Å². The van der Waals surface area contributed by atoms with Crippen LogP contribution in [0.1, 0.15) is 0 Å². The molecule has 4 nitrogen and oxygen atoms in total. The molecule has 0 unspecified atom stereocenters. The molecule has 0 fully saturated rings. The third-order valence-electron chi connectivity index (χ3n) is 1.71. The van der Waals surface area contributed by atoms with Gasteiger partial charge in [-0.3, -0.25) is 0 Å². The van der Waals surface area contributed by atoms with E-state index in [2.05, 4.69) is 9.97 Å². The van der Waals surface area contributed by atoms with E-state index in [-0.39, 0.29) is 4.90 Å². The van der Waals surface area contributed by atoms with Gasteiger partial charge in [0.25, 0.3) is 15.1 Å². The van der Waals surface area contributed by atoms with E-state index in [1.54, 1.807) is 0 Å². The van der Waals surface area contributed by atoms with Gasteiger partial charge >= 0.3 is 0 Å². The van der Waals surface area contributed by atoms with Crippen molar-refractivity contribution in [2.45, 2.75) is 4.90 Å². The summed E-state index contributed by atoms with van der Waals surface area (Å²) in [6, 6.07) is 3.88. The summed E-state index contributed by atoms with van der Waals surface area (Å²) in [5.74, 6) is 0. The van der Waals surface area contributed by atoms with Crippen molar-refractivity contribution in [1.82, 2.24) is 9.97 Å². The summed E-state index contributed by atoms with van der Waals surface area (Å²) >= 11 is 0. The molecule has 0 saturated carbocycles. The van der Waals surface area contributed by atoms with Gasteiger partial charge in [0.15, 0.2) is 0 Å². The Hall–Kier alpha value is -1.14. The summed E-state index contributed by atoms with van der Waals surface area (Å²) in [5.41, 5.74) is 0.649. The van der Waals surface area contributed by atoms with Crippen molar-refractivity contribution < 1.29 is 12.8 Å². The first kappa shape index (κ1) is 9.42. The van der Waals surface area contributed by atoms with Crippen LogP contribution in [0.15, 0.2) is 23.1 Å². The fourth-order valence-electron chi connectivity index (χ4n) is 1.11. The van der Waals surface area contributed by atoms with Gasteiger partial charge in [0, 0.05) is 10.7 Å². The fourth-order valence-corrected chi connectivity index (χ4v) is 1.89. The lowest BCUT2D eigenvalue weighted by molar-refractivity contribution is 0.556. The maximum absolute atomic E-state index is 12.6. The van der Waals surface area contributed by atoms with Crippen LogP contribution in [0.3, 0.4) is 0 Å². The van der Waals surface area contributed by atoms with Gasteiger partial charge in [0.1, 0.15) is 0 Å². The average molecular weight is 235 g/mol. The molecule has 1 aromatic carbocycles. The molecule has 1 heterocycles. The number of aromatic nitrogens is 2. The summed E-state index contributed by atoms with van der Waals surface area (Å²) < 4.78 is 34.4. The highest BCUT2D eigenvalue weighted by molar-refractivity contribution is 8.13. The van der Waals surface area contributed by atoms with Crippen molar-refractivity contribution in [3.8, 4) is 0 Å². The standard InChI is InChI=1S/C7H4ClFN2O2S/c8-14(12,13)4-1-2-5-6(3-4)11-7(9)10-5/h1-3H,(H,10,11). The molecule has 2 rings (SSSR count). The first-order valence-electron chi connectivity index (χ1n) is 3.57. The number of rotatable bonds is 1. The van der Waals surface area contributed by atoms with Gasteiger partial charge < -0.3 is 4.98 Å². The number of imidazole rings is 1. The van der Waals surface area contributed by atoms with Crippen LogP contribution in [0, 0.1) is 6.08 Å². The lowest BCUT2D eigenvalue weighted by Crippen LogP contribution is -1.89. The molecule has 74 valence electrons. The van der Waals surface area contributed by atoms with Crippen LogP contribution < -0.4 is 0 Å². The second-order valence-electron chi connectivity index (χ2n) is 2.64. The predicted molar refractivity (Wildman–Crippen MR) is 49.1 cm³/mol. The lowest BCUT2D eigenvalue weighted by Gasteiger charge is -1.94. The molecular weight excluding hydrogens is 231 g/mol. The van der Waals surface area contributed by atoms with Crippen LogP contribution >= 0.6 is 10.7 Å². The lowest BCUT2D eigenvalue weighted by atomic mass is 10.3. The minimum atomic E-state index is -3.78. The minimum absolute atomic E-state index is 0.0877. The van der Waals surface area contributed by atoms with E-state index >= 15 is 0 Å². The Morgan fingerprint density at radius 3 is 2.79 bits per heavy atom. The quantitative estimate of drug-likeness (QED) is 0.763. The maximum Gasteiger partial charge on any atom is 0.287 e. The number of nitrogens with zero attached hydrogens (tertiary/aromatic N) is 1. The van der Waals surface area contributed by atoms with E-state index in [9.17, 15) is 12.8 Å². The molecule has 7 heteroatoms. The zero-order valence-corrected chi connectivity index (χ0v) is 8.23. The number of hydrogen-bond acceptors (Lipinski definition) is 3. The Balaban J connectivity index is 2.74. The molecule has 0 spiro atoms. The van der Waals surface area contributed by atoms with Crippen LogP contribution in [0.5, 0.6) is 0 Å². The first-order valence-corrected chi connectivity index (χ1v) is 5.88. The Bertz CT molecular complexity index is 593. The molecule has 0 aliphatic rings. The molecule has 14 heavy (non-hydrogen) atoms. The number of aromatic amines is 1. The number of H-pyrrole nitrogens is 1. The maximum atomic E-state index is 12.6. The van der Waals surface area contributed by atoms with Crippen molar-refractivity contribution in [2.75, 3.05) is 0 Å². The van der Waals surface area contributed by atoms with E-state index in [1.807, 2.05) is 0 Å². The number of fused-ring (bicyclic) bond motifs is 1. The monoisotopic (exact) mass is 234 g/mol. The smallest absolute Gasteiger partial charge is 0.287 e. The normalized spacial score (nSPS) is 12.1. The van der Waals surface area contributed by atoms with Gasteiger partial charge in [-0.1, -0.05) is 0 Å². The summed E-state index contributed by atoms with van der Waals surface area (Å²) in [6.45, 7) is 0. The minimum Gasteiger partial charge on any atom is -0.314 e. The van der Waals surface area contributed by atoms with Crippen molar-refractivity contribution in [3.63, 3.8) is 0 Å². The van der Waals surface area contributed by atoms with Crippen LogP contribution in [-0.2, 0) is 9.05 Å². The molecule has 1 aromatic heterocycles. The van der Waals surface area contributed by atoms with Gasteiger partial charge in [-0.05, 0) is 18.2 Å². The number of halogens is 2. The van der Waals surface area contributed by atoms with E-state index in [0.29, 0.717) is 11.0 Å². The van der Waals surface area contributed by atoms with Gasteiger partial charge in [0.2, 0.25) is 0 Å². The highest BCUT2D eigenvalue weighted by atomic mass is 35.7. The Morgan fingerprint density at radius 2 is 2.14 bits per heavy atom. The van der Waals surface area contributed by atoms with Gasteiger partial charge in [-0.2, -0.15) is 4.39 Å². The highest BCUT2D eigenvalue weighted by Crippen LogP contribution is 2.19. The average Bonchev–Trinajstić information content (AvgIpc) is 2.41. The first-order chi connectivity index (χ1) is 6.47. The van der Waals surface area contributed by atoms with Crippen molar-refractivity contribution >= 4 is 30.8 Å². The molecule has 2 aromatic rings. The van der Waals surface area contributed by atoms with Gasteiger partial charge in [-0.15, -0.1) is 0 Å². The van der Waals surface area contributed by atoms with Crippen molar-refractivity contribution in [2.24, 2.45) is 0 Å². The summed E-state index contributed by atoms with van der Waals surface area (Å²) in [7, 11) is 1.33. The molecule has 0 atom stereocenters. The molecule has 0 bridgehead atoms. The van der Waals surface area contributed by atoms with E-state index in [4.69, 9.17) is 10.7 Å². The highest BCUT2D eigenvalue weighted by Gasteiger charge is 2.11. The zero-order valence-electron chi connectivity index (χ0n) is 6.66. The molecule has 0 saturated heterocycles. The molecule has 0 aliphatic heterocycles. The molecule has 1 N–H and O–H groups in total. The topological polar surface area (TPSA) is 62.8 Å². The van der Waals surface area contributed by atoms with E-state index in [1.165, 1.54) is 18.2 Å². The summed E-state index contributed by atoms with van der Waals surface area (Å²) in [5, 5.41) is 0. The molecular formula is C7H4ClFN2O2S. The Morgan fingerprint density at radius 1 is 1.43 bits per heavy atom. The largest absolute Gasteiger partial charge is 0.314 e. The fraction of sp³-hybridized carbons (Fsp3) is 0. The predicted octanol–water partition coefficient (Wildman–Crippen LogP) is 1.63. The number of benzene rings is 1. The molecule has 0 radical (unpaired) electrons. The number of hydrogen-bond donors (Lipinski definition) is 1. The van der Waals surface area contributed by atoms with Gasteiger partial charge in [0.05, 0.1) is 15.9 Å².